The fourth-order valence-electron chi connectivity index (χ4n) is 3.11. The lowest BCUT2D eigenvalue weighted by atomic mass is 10.0. The van der Waals surface area contributed by atoms with E-state index in [9.17, 15) is 4.79 Å². The summed E-state index contributed by atoms with van der Waals surface area (Å²) in [5.41, 5.74) is 1.17. The smallest absolute Gasteiger partial charge is 0.225 e. The topological polar surface area (TPSA) is 37.6 Å². The molecule has 0 spiro atoms. The van der Waals surface area contributed by atoms with Gasteiger partial charge >= 0.3 is 0 Å². The minimum absolute atomic E-state index is 0.192. The molecule has 20 heavy (non-hydrogen) atoms. The molecular formula is C15H21N3OS. The molecule has 0 saturated carbocycles. The first-order chi connectivity index (χ1) is 9.74. The summed E-state index contributed by atoms with van der Waals surface area (Å²) < 4.78 is 2.07. The molecule has 108 valence electrons. The molecule has 1 aliphatic rings. The number of carbonyl (C=O) groups is 1. The van der Waals surface area contributed by atoms with E-state index in [0.29, 0.717) is 11.8 Å². The quantitative estimate of drug-likeness (QED) is 0.868. The fourth-order valence-corrected chi connectivity index (χ4v) is 4.00. The third kappa shape index (κ3) is 2.24. The van der Waals surface area contributed by atoms with Gasteiger partial charge in [0.25, 0.3) is 0 Å². The van der Waals surface area contributed by atoms with Crippen LogP contribution in [0.3, 0.4) is 0 Å². The van der Waals surface area contributed by atoms with E-state index in [2.05, 4.69) is 28.6 Å². The van der Waals surface area contributed by atoms with E-state index in [1.165, 1.54) is 10.5 Å². The van der Waals surface area contributed by atoms with Crippen molar-refractivity contribution in [3.05, 3.63) is 23.6 Å². The summed E-state index contributed by atoms with van der Waals surface area (Å²) in [5.74, 6) is 0.925. The Hall–Kier alpha value is -1.36. The van der Waals surface area contributed by atoms with E-state index < -0.39 is 0 Å². The lowest BCUT2D eigenvalue weighted by Gasteiger charge is -2.21. The zero-order valence-corrected chi connectivity index (χ0v) is 12.9. The van der Waals surface area contributed by atoms with Crippen molar-refractivity contribution in [2.75, 3.05) is 13.1 Å². The molecule has 1 fully saturated rings. The van der Waals surface area contributed by atoms with Crippen LogP contribution in [0.1, 0.15) is 44.7 Å². The number of nitrogens with zero attached hydrogens (tertiary/aromatic N) is 3. The van der Waals surface area contributed by atoms with Crippen LogP contribution in [-0.4, -0.2) is 33.3 Å². The van der Waals surface area contributed by atoms with E-state index in [0.717, 1.165) is 32.4 Å². The van der Waals surface area contributed by atoms with Crippen molar-refractivity contribution in [2.24, 2.45) is 5.92 Å². The van der Waals surface area contributed by atoms with Crippen molar-refractivity contribution >= 4 is 22.1 Å². The summed E-state index contributed by atoms with van der Waals surface area (Å²) >= 11 is 1.73. The highest BCUT2D eigenvalue weighted by Crippen LogP contribution is 2.32. The van der Waals surface area contributed by atoms with Gasteiger partial charge in [-0.3, -0.25) is 9.20 Å². The molecule has 3 rings (SSSR count). The number of carbonyl (C=O) groups excluding carboxylic acids is 1. The van der Waals surface area contributed by atoms with Crippen LogP contribution in [0.4, 0.5) is 0 Å². The Bertz CT molecular complexity index is 599. The third-order valence-electron chi connectivity index (χ3n) is 4.40. The summed E-state index contributed by atoms with van der Waals surface area (Å²) in [5, 5.41) is 2.09. The van der Waals surface area contributed by atoms with Crippen molar-refractivity contribution in [1.82, 2.24) is 14.3 Å². The molecule has 0 bridgehead atoms. The highest BCUT2D eigenvalue weighted by Gasteiger charge is 2.32. The second-order valence-corrected chi connectivity index (χ2v) is 6.42. The first-order valence-electron chi connectivity index (χ1n) is 7.43. The van der Waals surface area contributed by atoms with Crippen LogP contribution in [0.2, 0.25) is 0 Å². The Kier molecular flexibility index (Phi) is 3.78. The lowest BCUT2D eigenvalue weighted by Crippen LogP contribution is -2.33. The first kappa shape index (κ1) is 13.6. The third-order valence-corrected chi connectivity index (χ3v) is 5.30. The van der Waals surface area contributed by atoms with E-state index in [4.69, 9.17) is 0 Å². The van der Waals surface area contributed by atoms with Crippen molar-refractivity contribution in [1.29, 1.82) is 0 Å². The maximum absolute atomic E-state index is 12.4. The second kappa shape index (κ2) is 5.56. The highest BCUT2D eigenvalue weighted by atomic mass is 32.1. The molecule has 5 heteroatoms. The Labute approximate surface area is 123 Å². The summed E-state index contributed by atoms with van der Waals surface area (Å²) in [6.45, 7) is 5.92. The molecule has 2 aromatic rings. The zero-order valence-electron chi connectivity index (χ0n) is 12.1. The summed E-state index contributed by atoms with van der Waals surface area (Å²) in [6.07, 6.45) is 6.84. The minimum Gasteiger partial charge on any atom is -0.342 e. The van der Waals surface area contributed by atoms with Crippen LogP contribution in [0.15, 0.2) is 17.9 Å². The number of rotatable bonds is 4. The summed E-state index contributed by atoms with van der Waals surface area (Å²) in [7, 11) is 0. The Balaban J connectivity index is 1.74. The maximum Gasteiger partial charge on any atom is 0.225 e. The van der Waals surface area contributed by atoms with E-state index >= 15 is 0 Å². The summed E-state index contributed by atoms with van der Waals surface area (Å²) in [4.78, 5) is 20.3. The number of likely N-dealkylation sites (tertiary alicyclic amines) is 1. The Morgan fingerprint density at radius 2 is 2.30 bits per heavy atom. The van der Waals surface area contributed by atoms with Crippen molar-refractivity contribution in [3.63, 3.8) is 0 Å². The van der Waals surface area contributed by atoms with E-state index in [1.807, 2.05) is 17.4 Å². The number of imidazole rings is 1. The number of thiazole rings is 1. The van der Waals surface area contributed by atoms with Gasteiger partial charge in [0.2, 0.25) is 5.91 Å². The molecule has 0 aromatic carbocycles. The normalized spacial score (nSPS) is 19.4. The van der Waals surface area contributed by atoms with Crippen molar-refractivity contribution in [3.8, 4) is 0 Å². The van der Waals surface area contributed by atoms with Gasteiger partial charge in [-0.25, -0.2) is 4.98 Å². The predicted molar refractivity (Wildman–Crippen MR) is 81.1 cm³/mol. The highest BCUT2D eigenvalue weighted by molar-refractivity contribution is 7.15. The minimum atomic E-state index is 0.192. The number of amides is 1. The van der Waals surface area contributed by atoms with Crippen LogP contribution in [0, 0.1) is 5.92 Å². The van der Waals surface area contributed by atoms with Gasteiger partial charge in [-0.2, -0.15) is 0 Å². The fraction of sp³-hybridized carbons (Fsp3) is 0.600. The van der Waals surface area contributed by atoms with Crippen LogP contribution >= 0.6 is 11.3 Å². The molecule has 3 heterocycles. The molecule has 1 atom stereocenters. The van der Waals surface area contributed by atoms with Crippen LogP contribution in [0.25, 0.3) is 4.83 Å². The average Bonchev–Trinajstić information content (AvgIpc) is 3.15. The van der Waals surface area contributed by atoms with Crippen molar-refractivity contribution in [2.45, 2.75) is 39.0 Å². The zero-order chi connectivity index (χ0) is 14.1. The standard InChI is InChI=1S/C15H21N3OS/c1-3-11(4-2)14(19)17-6-5-12(9-17)13-15-18(10-16-13)7-8-20-15/h7-8,10-12H,3-6,9H2,1-2H3/t12-/m1/s1. The maximum atomic E-state index is 12.4. The molecular weight excluding hydrogens is 270 g/mol. The van der Waals surface area contributed by atoms with Gasteiger partial charge in [-0.05, 0) is 19.3 Å². The van der Waals surface area contributed by atoms with Crippen molar-refractivity contribution < 1.29 is 4.79 Å². The van der Waals surface area contributed by atoms with E-state index in [1.54, 1.807) is 11.3 Å². The second-order valence-electron chi connectivity index (χ2n) is 5.53. The molecule has 0 unspecified atom stereocenters. The van der Waals surface area contributed by atoms with Gasteiger partial charge in [0.1, 0.15) is 11.2 Å². The van der Waals surface area contributed by atoms with Gasteiger partial charge in [-0.15, -0.1) is 11.3 Å². The number of hydrogen-bond donors (Lipinski definition) is 0. The number of hydrogen-bond acceptors (Lipinski definition) is 3. The monoisotopic (exact) mass is 291 g/mol. The lowest BCUT2D eigenvalue weighted by molar-refractivity contribution is -0.134. The average molecular weight is 291 g/mol. The largest absolute Gasteiger partial charge is 0.342 e. The van der Waals surface area contributed by atoms with Crippen LogP contribution < -0.4 is 0 Å². The molecule has 2 aromatic heterocycles. The Morgan fingerprint density at radius 3 is 3.05 bits per heavy atom. The molecule has 0 N–H and O–H groups in total. The molecule has 1 amide bonds. The van der Waals surface area contributed by atoms with Gasteiger partial charge in [0, 0.05) is 36.5 Å². The van der Waals surface area contributed by atoms with Gasteiger partial charge in [0.15, 0.2) is 0 Å². The predicted octanol–water partition coefficient (Wildman–Crippen LogP) is 3.15. The van der Waals surface area contributed by atoms with E-state index in [-0.39, 0.29) is 5.92 Å². The van der Waals surface area contributed by atoms with Gasteiger partial charge in [-0.1, -0.05) is 13.8 Å². The molecule has 0 aliphatic carbocycles. The van der Waals surface area contributed by atoms with Crippen LogP contribution in [0.5, 0.6) is 0 Å². The number of fused-ring (bicyclic) bond motifs is 1. The molecule has 1 aliphatic heterocycles. The molecule has 0 radical (unpaired) electrons. The Morgan fingerprint density at radius 1 is 1.50 bits per heavy atom. The summed E-state index contributed by atoms with van der Waals surface area (Å²) in [6, 6.07) is 0. The first-order valence-corrected chi connectivity index (χ1v) is 8.31. The SMILES string of the molecule is CCC(CC)C(=O)N1CC[C@@H](c2ncn3ccsc23)C1. The van der Waals surface area contributed by atoms with Gasteiger partial charge in [0.05, 0.1) is 5.69 Å². The molecule has 1 saturated heterocycles. The number of aromatic nitrogens is 2. The molecule has 4 nitrogen and oxygen atoms in total. The van der Waals surface area contributed by atoms with Gasteiger partial charge < -0.3 is 4.90 Å². The van der Waals surface area contributed by atoms with Crippen LogP contribution in [-0.2, 0) is 4.79 Å².